The molecule has 0 saturated heterocycles. The molecule has 1 N–H and O–H groups in total. The predicted molar refractivity (Wildman–Crippen MR) is 95.8 cm³/mol. The second-order valence-corrected chi connectivity index (χ2v) is 13.1. The number of hydrogen-bond acceptors (Lipinski definition) is 4. The maximum Gasteiger partial charge on any atom is 0.192 e. The van der Waals surface area contributed by atoms with Crippen molar-refractivity contribution >= 4 is 14.1 Å². The van der Waals surface area contributed by atoms with Crippen LogP contribution >= 0.6 is 0 Å². The number of carbonyl (C=O) groups excluding carboxylic acids is 1. The van der Waals surface area contributed by atoms with Crippen LogP contribution in [0.1, 0.15) is 54.9 Å². The molecular weight excluding hydrogens is 310 g/mol. The first-order valence-corrected chi connectivity index (χ1v) is 11.1. The van der Waals surface area contributed by atoms with Crippen LogP contribution in [0, 0.1) is 5.92 Å². The number of rotatable bonds is 8. The van der Waals surface area contributed by atoms with Crippen LogP contribution in [0.3, 0.4) is 0 Å². The SMILES string of the molecule is CC(C)C[C@@H](N=[N+]=[N-])C(=O)[C@](C)(O)[C@H](C)O[Si](C)(C)C(C)(C)C. The van der Waals surface area contributed by atoms with Gasteiger partial charge in [-0.25, -0.2) is 0 Å². The van der Waals surface area contributed by atoms with E-state index in [2.05, 4.69) is 43.9 Å². The van der Waals surface area contributed by atoms with Crippen LogP contribution in [0.15, 0.2) is 5.11 Å². The monoisotopic (exact) mass is 343 g/mol. The lowest BCUT2D eigenvalue weighted by atomic mass is 9.87. The number of Topliss-reactive ketones (excluding diaryl/α,β-unsaturated/α-hetero) is 1. The van der Waals surface area contributed by atoms with E-state index in [1.165, 1.54) is 6.92 Å². The van der Waals surface area contributed by atoms with Gasteiger partial charge in [-0.3, -0.25) is 4.79 Å². The molecule has 0 aromatic carbocycles. The number of hydrogen-bond donors (Lipinski definition) is 1. The van der Waals surface area contributed by atoms with Gasteiger partial charge >= 0.3 is 0 Å². The van der Waals surface area contributed by atoms with Crippen molar-refractivity contribution in [3.63, 3.8) is 0 Å². The Kier molecular flexibility index (Phi) is 7.49. The zero-order chi connectivity index (χ0) is 18.6. The van der Waals surface area contributed by atoms with E-state index >= 15 is 0 Å². The molecule has 6 nitrogen and oxygen atoms in total. The average Bonchev–Trinajstić information content (AvgIpc) is 2.34. The first kappa shape index (κ1) is 22.1. The van der Waals surface area contributed by atoms with E-state index < -0.39 is 31.8 Å². The Balaban J connectivity index is 5.35. The lowest BCUT2D eigenvalue weighted by molar-refractivity contribution is -0.146. The van der Waals surface area contributed by atoms with Crippen molar-refractivity contribution in [3.8, 4) is 0 Å². The molecule has 0 aliphatic rings. The minimum Gasteiger partial charge on any atom is -0.411 e. The molecule has 0 amide bonds. The Morgan fingerprint density at radius 2 is 1.74 bits per heavy atom. The molecule has 0 radical (unpaired) electrons. The topological polar surface area (TPSA) is 95.3 Å². The highest BCUT2D eigenvalue weighted by Gasteiger charge is 2.46. The summed E-state index contributed by atoms with van der Waals surface area (Å²) in [5.41, 5.74) is 7.00. The summed E-state index contributed by atoms with van der Waals surface area (Å²) >= 11 is 0. The van der Waals surface area contributed by atoms with Crippen molar-refractivity contribution in [2.24, 2.45) is 11.0 Å². The van der Waals surface area contributed by atoms with E-state index in [-0.39, 0.29) is 11.0 Å². The third kappa shape index (κ3) is 5.92. The van der Waals surface area contributed by atoms with Crippen molar-refractivity contribution in [3.05, 3.63) is 10.4 Å². The van der Waals surface area contributed by atoms with Crippen molar-refractivity contribution in [2.45, 2.75) is 90.8 Å². The average molecular weight is 344 g/mol. The van der Waals surface area contributed by atoms with Crippen LogP contribution in [0.5, 0.6) is 0 Å². The minimum atomic E-state index is -2.12. The summed E-state index contributed by atoms with van der Waals surface area (Å²) in [6.45, 7) is 17.5. The van der Waals surface area contributed by atoms with Gasteiger partial charge < -0.3 is 9.53 Å². The molecule has 0 aromatic heterocycles. The third-order valence-corrected chi connectivity index (χ3v) is 9.31. The van der Waals surface area contributed by atoms with Crippen LogP contribution in [0.25, 0.3) is 10.4 Å². The molecule has 0 saturated carbocycles. The molecule has 0 bridgehead atoms. The van der Waals surface area contributed by atoms with Crippen molar-refractivity contribution in [2.75, 3.05) is 0 Å². The Morgan fingerprint density at radius 1 is 1.26 bits per heavy atom. The zero-order valence-corrected chi connectivity index (χ0v) is 17.0. The van der Waals surface area contributed by atoms with E-state index in [9.17, 15) is 9.90 Å². The van der Waals surface area contributed by atoms with Crippen LogP contribution in [0.4, 0.5) is 0 Å². The Morgan fingerprint density at radius 3 is 2.09 bits per heavy atom. The summed E-state index contributed by atoms with van der Waals surface area (Å²) < 4.78 is 6.15. The van der Waals surface area contributed by atoms with E-state index in [1.54, 1.807) is 6.92 Å². The summed E-state index contributed by atoms with van der Waals surface area (Å²) in [6, 6.07) is -0.875. The Bertz CT molecular complexity index is 464. The van der Waals surface area contributed by atoms with Gasteiger partial charge in [-0.1, -0.05) is 39.7 Å². The molecule has 0 aromatic rings. The molecule has 3 atom stereocenters. The molecule has 0 unspecified atom stereocenters. The van der Waals surface area contributed by atoms with Gasteiger partial charge in [0.15, 0.2) is 14.1 Å². The fraction of sp³-hybridized carbons (Fsp3) is 0.938. The highest BCUT2D eigenvalue weighted by molar-refractivity contribution is 6.74. The van der Waals surface area contributed by atoms with E-state index in [0.29, 0.717) is 6.42 Å². The number of azide groups is 1. The van der Waals surface area contributed by atoms with Gasteiger partial charge in [0.25, 0.3) is 0 Å². The van der Waals surface area contributed by atoms with Crippen molar-refractivity contribution < 1.29 is 14.3 Å². The maximum atomic E-state index is 12.7. The second kappa shape index (κ2) is 7.79. The van der Waals surface area contributed by atoms with Gasteiger partial charge in [0.05, 0.1) is 12.1 Å². The molecule has 0 fully saturated rings. The molecule has 134 valence electrons. The lowest BCUT2D eigenvalue weighted by Gasteiger charge is -2.42. The predicted octanol–water partition coefficient (Wildman–Crippen LogP) is 4.44. The summed E-state index contributed by atoms with van der Waals surface area (Å²) in [5.74, 6) is -0.294. The minimum absolute atomic E-state index is 0.0253. The molecule has 0 heterocycles. The Hall–Kier alpha value is -0.883. The quantitative estimate of drug-likeness (QED) is 0.305. The van der Waals surface area contributed by atoms with Crippen molar-refractivity contribution in [1.82, 2.24) is 0 Å². The maximum absolute atomic E-state index is 12.7. The van der Waals surface area contributed by atoms with Crippen LogP contribution in [-0.2, 0) is 9.22 Å². The highest BCUT2D eigenvalue weighted by Crippen LogP contribution is 2.38. The summed E-state index contributed by atoms with van der Waals surface area (Å²) in [5, 5.41) is 14.3. The lowest BCUT2D eigenvalue weighted by Crippen LogP contribution is -2.55. The highest BCUT2D eigenvalue weighted by atomic mass is 28.4. The van der Waals surface area contributed by atoms with E-state index in [1.807, 2.05) is 13.8 Å². The first-order valence-electron chi connectivity index (χ1n) is 8.15. The summed E-state index contributed by atoms with van der Waals surface area (Å²) in [7, 11) is -2.12. The smallest absolute Gasteiger partial charge is 0.192 e. The number of nitrogens with zero attached hydrogens (tertiary/aromatic N) is 3. The standard InChI is InChI=1S/C16H33N3O3Si/c1-11(2)10-13(18-19-17)14(20)16(7,21)12(3)22-23(8,9)15(4,5)6/h11-13,21H,10H2,1-9H3/t12-,13+,16+/m0/s1. The first-order chi connectivity index (χ1) is 10.2. The van der Waals surface area contributed by atoms with Crippen LogP contribution in [-0.4, -0.2) is 37.0 Å². The molecule has 0 aliphatic carbocycles. The molecule has 0 aliphatic heterocycles. The second-order valence-electron chi connectivity index (χ2n) is 8.38. The zero-order valence-electron chi connectivity index (χ0n) is 16.0. The third-order valence-electron chi connectivity index (χ3n) is 4.76. The van der Waals surface area contributed by atoms with Crippen LogP contribution < -0.4 is 0 Å². The fourth-order valence-corrected chi connectivity index (χ4v) is 3.45. The van der Waals surface area contributed by atoms with E-state index in [0.717, 1.165) is 0 Å². The largest absolute Gasteiger partial charge is 0.411 e. The van der Waals surface area contributed by atoms with Gasteiger partial charge in [0.1, 0.15) is 5.60 Å². The molecule has 0 spiro atoms. The fourth-order valence-electron chi connectivity index (χ4n) is 1.99. The number of ketones is 1. The Labute approximate surface area is 141 Å². The van der Waals surface area contributed by atoms with Crippen molar-refractivity contribution in [1.29, 1.82) is 0 Å². The van der Waals surface area contributed by atoms with Gasteiger partial charge in [-0.05, 0) is 49.8 Å². The number of aliphatic hydroxyl groups is 1. The van der Waals surface area contributed by atoms with Gasteiger partial charge in [0, 0.05) is 4.91 Å². The summed E-state index contributed by atoms with van der Waals surface area (Å²) in [4.78, 5) is 15.4. The van der Waals surface area contributed by atoms with Gasteiger partial charge in [-0.15, -0.1) is 0 Å². The summed E-state index contributed by atoms with van der Waals surface area (Å²) in [6.07, 6.45) is -0.259. The number of carbonyl (C=O) groups is 1. The molecule has 0 rings (SSSR count). The molecule has 7 heteroatoms. The van der Waals surface area contributed by atoms with Gasteiger partial charge in [0.2, 0.25) is 0 Å². The molecule has 23 heavy (non-hydrogen) atoms. The van der Waals surface area contributed by atoms with E-state index in [4.69, 9.17) is 9.96 Å². The molecular formula is C16H33N3O3Si. The van der Waals surface area contributed by atoms with Crippen LogP contribution in [0.2, 0.25) is 18.1 Å². The van der Waals surface area contributed by atoms with Gasteiger partial charge in [-0.2, -0.15) is 0 Å². The normalized spacial score (nSPS) is 18.0.